The number of amides is 1. The highest BCUT2D eigenvalue weighted by Gasteiger charge is 2.25. The second-order valence-corrected chi connectivity index (χ2v) is 7.93. The molecule has 1 unspecified atom stereocenters. The van der Waals surface area contributed by atoms with Crippen LogP contribution in [0.5, 0.6) is 0 Å². The second kappa shape index (κ2) is 9.60. The van der Waals surface area contributed by atoms with Gasteiger partial charge in [0.1, 0.15) is 5.56 Å². The van der Waals surface area contributed by atoms with E-state index in [1.165, 1.54) is 0 Å². The number of ether oxygens (including phenoxy) is 1. The van der Waals surface area contributed by atoms with Crippen molar-refractivity contribution in [1.82, 2.24) is 9.78 Å². The molecule has 0 saturated carbocycles. The topological polar surface area (TPSA) is 90.3 Å². The molecule has 1 heterocycles. The molecule has 0 saturated heterocycles. The number of nitrogens with zero attached hydrogens (tertiary/aromatic N) is 2. The van der Waals surface area contributed by atoms with Crippen molar-refractivity contribution in [2.24, 2.45) is 5.92 Å². The lowest BCUT2D eigenvalue weighted by atomic mass is 10.1. The molecule has 32 heavy (non-hydrogen) atoms. The van der Waals surface area contributed by atoms with Gasteiger partial charge in [-0.25, -0.2) is 9.48 Å². The van der Waals surface area contributed by atoms with Crippen LogP contribution in [0.15, 0.2) is 54.6 Å². The molecule has 0 aliphatic heterocycles. The molecule has 166 valence electrons. The number of hydrogen-bond donors (Lipinski definition) is 1. The lowest BCUT2D eigenvalue weighted by Crippen LogP contribution is -2.25. The number of rotatable bonds is 7. The van der Waals surface area contributed by atoms with Crippen LogP contribution in [-0.2, 0) is 9.53 Å². The van der Waals surface area contributed by atoms with Gasteiger partial charge in [-0.3, -0.25) is 9.59 Å². The summed E-state index contributed by atoms with van der Waals surface area (Å²) in [6.07, 6.45) is -0.975. The number of aromatic nitrogens is 2. The number of aryl methyl sites for hydroxylation is 1. The summed E-state index contributed by atoms with van der Waals surface area (Å²) in [6.45, 7) is 8.67. The van der Waals surface area contributed by atoms with Gasteiger partial charge in [-0.15, -0.1) is 0 Å². The van der Waals surface area contributed by atoms with Crippen molar-refractivity contribution in [1.29, 1.82) is 0 Å². The predicted octanol–water partition coefficient (Wildman–Crippen LogP) is 4.51. The normalized spacial score (nSPS) is 11.8. The highest BCUT2D eigenvalue weighted by atomic mass is 16.5. The molecule has 1 atom stereocenters. The molecule has 0 aliphatic carbocycles. The SMILES string of the molecule is Cc1nn(-c2ccccc2)c(C)c1C(=O)OC(C)C(=O)c1ccc(NC(=O)C(C)C)cc1. The number of carbonyl (C=O) groups excluding carboxylic acids is 3. The molecule has 0 bridgehead atoms. The molecule has 7 heteroatoms. The molecule has 0 radical (unpaired) electrons. The van der Waals surface area contributed by atoms with E-state index in [2.05, 4.69) is 10.4 Å². The quantitative estimate of drug-likeness (QED) is 0.437. The van der Waals surface area contributed by atoms with Gasteiger partial charge in [-0.2, -0.15) is 5.10 Å². The zero-order valence-electron chi connectivity index (χ0n) is 18.9. The average Bonchev–Trinajstić information content (AvgIpc) is 3.08. The smallest absolute Gasteiger partial charge is 0.342 e. The second-order valence-electron chi connectivity index (χ2n) is 7.93. The van der Waals surface area contributed by atoms with Crippen LogP contribution in [0.4, 0.5) is 5.69 Å². The first kappa shape index (κ1) is 22.9. The number of Topliss-reactive ketones (excluding diaryl/α,β-unsaturated/α-hetero) is 1. The van der Waals surface area contributed by atoms with E-state index in [9.17, 15) is 14.4 Å². The minimum absolute atomic E-state index is 0.104. The van der Waals surface area contributed by atoms with Crippen LogP contribution >= 0.6 is 0 Å². The number of hydrogen-bond acceptors (Lipinski definition) is 5. The lowest BCUT2D eigenvalue weighted by molar-refractivity contribution is -0.118. The summed E-state index contributed by atoms with van der Waals surface area (Å²) in [5, 5.41) is 7.23. The Hall–Kier alpha value is -3.74. The molecule has 3 rings (SSSR count). The van der Waals surface area contributed by atoms with Gasteiger partial charge < -0.3 is 10.1 Å². The number of esters is 1. The van der Waals surface area contributed by atoms with Gasteiger partial charge in [0, 0.05) is 17.2 Å². The first-order chi connectivity index (χ1) is 15.2. The van der Waals surface area contributed by atoms with Gasteiger partial charge in [-0.1, -0.05) is 32.0 Å². The van der Waals surface area contributed by atoms with Crippen molar-refractivity contribution in [2.75, 3.05) is 5.32 Å². The number of benzene rings is 2. The number of para-hydroxylation sites is 1. The van der Waals surface area contributed by atoms with Gasteiger partial charge >= 0.3 is 5.97 Å². The van der Waals surface area contributed by atoms with Crippen LogP contribution < -0.4 is 5.32 Å². The predicted molar refractivity (Wildman–Crippen MR) is 122 cm³/mol. The van der Waals surface area contributed by atoms with Crippen LogP contribution in [0.1, 0.15) is 52.9 Å². The summed E-state index contributed by atoms with van der Waals surface area (Å²) in [4.78, 5) is 37.4. The van der Waals surface area contributed by atoms with E-state index >= 15 is 0 Å². The fourth-order valence-corrected chi connectivity index (χ4v) is 3.27. The number of ketones is 1. The molecular weight excluding hydrogens is 406 g/mol. The summed E-state index contributed by atoms with van der Waals surface area (Å²) in [6, 6.07) is 16.0. The Balaban J connectivity index is 1.71. The molecule has 0 spiro atoms. The van der Waals surface area contributed by atoms with Crippen LogP contribution in [0.3, 0.4) is 0 Å². The van der Waals surface area contributed by atoms with Gasteiger partial charge in [-0.05, 0) is 57.2 Å². The van der Waals surface area contributed by atoms with Crippen molar-refractivity contribution < 1.29 is 19.1 Å². The molecule has 3 aromatic rings. The molecule has 2 aromatic carbocycles. The first-order valence-corrected chi connectivity index (χ1v) is 10.5. The van der Waals surface area contributed by atoms with Crippen molar-refractivity contribution in [3.63, 3.8) is 0 Å². The van der Waals surface area contributed by atoms with Gasteiger partial charge in [0.15, 0.2) is 6.10 Å². The summed E-state index contributed by atoms with van der Waals surface area (Å²) >= 11 is 0. The Bertz CT molecular complexity index is 1130. The Morgan fingerprint density at radius 3 is 2.16 bits per heavy atom. The molecular formula is C25H27N3O4. The van der Waals surface area contributed by atoms with E-state index in [0.29, 0.717) is 28.2 Å². The van der Waals surface area contributed by atoms with E-state index in [0.717, 1.165) is 5.69 Å². The maximum atomic E-state index is 12.8. The van der Waals surface area contributed by atoms with Crippen LogP contribution in [0.2, 0.25) is 0 Å². The lowest BCUT2D eigenvalue weighted by Gasteiger charge is -2.13. The number of anilines is 1. The summed E-state index contributed by atoms with van der Waals surface area (Å²) in [7, 11) is 0. The summed E-state index contributed by atoms with van der Waals surface area (Å²) in [5.74, 6) is -1.17. The molecule has 0 aliphatic rings. The summed E-state index contributed by atoms with van der Waals surface area (Å²) < 4.78 is 7.16. The highest BCUT2D eigenvalue weighted by molar-refractivity contribution is 6.02. The third kappa shape index (κ3) is 4.94. The van der Waals surface area contributed by atoms with Crippen LogP contribution in [-0.4, -0.2) is 33.5 Å². The monoisotopic (exact) mass is 433 g/mol. The average molecular weight is 434 g/mol. The van der Waals surface area contributed by atoms with Gasteiger partial charge in [0.25, 0.3) is 0 Å². The van der Waals surface area contributed by atoms with Gasteiger partial charge in [0.05, 0.1) is 17.1 Å². The number of nitrogens with one attached hydrogen (secondary N) is 1. The minimum Gasteiger partial charge on any atom is -0.451 e. The molecule has 1 aromatic heterocycles. The van der Waals surface area contributed by atoms with Crippen molar-refractivity contribution in [2.45, 2.75) is 40.7 Å². The van der Waals surface area contributed by atoms with Crippen molar-refractivity contribution >= 4 is 23.3 Å². The zero-order chi connectivity index (χ0) is 23.4. The van der Waals surface area contributed by atoms with Gasteiger partial charge in [0.2, 0.25) is 11.7 Å². The fourth-order valence-electron chi connectivity index (χ4n) is 3.27. The van der Waals surface area contributed by atoms with E-state index in [1.807, 2.05) is 30.3 Å². The Morgan fingerprint density at radius 2 is 1.56 bits per heavy atom. The number of carbonyl (C=O) groups is 3. The van der Waals surface area contributed by atoms with Crippen LogP contribution in [0, 0.1) is 19.8 Å². The Morgan fingerprint density at radius 1 is 0.938 bits per heavy atom. The zero-order valence-corrected chi connectivity index (χ0v) is 18.9. The fraction of sp³-hybridized carbons (Fsp3) is 0.280. The Kier molecular flexibility index (Phi) is 6.88. The summed E-state index contributed by atoms with van der Waals surface area (Å²) in [5.41, 5.74) is 3.34. The third-order valence-corrected chi connectivity index (χ3v) is 5.11. The maximum Gasteiger partial charge on any atom is 0.342 e. The standard InChI is InChI=1S/C25H27N3O4/c1-15(2)24(30)26-20-13-11-19(12-14-20)23(29)18(5)32-25(31)22-16(3)27-28(17(22)4)21-9-7-6-8-10-21/h6-15,18H,1-5H3,(H,26,30). The first-order valence-electron chi connectivity index (χ1n) is 10.5. The van der Waals surface area contributed by atoms with Crippen molar-refractivity contribution in [3.8, 4) is 5.69 Å². The van der Waals surface area contributed by atoms with E-state index in [1.54, 1.807) is 63.6 Å². The molecule has 7 nitrogen and oxygen atoms in total. The molecule has 1 N–H and O–H groups in total. The third-order valence-electron chi connectivity index (χ3n) is 5.11. The molecule has 0 fully saturated rings. The van der Waals surface area contributed by atoms with E-state index in [-0.39, 0.29) is 17.6 Å². The largest absolute Gasteiger partial charge is 0.451 e. The minimum atomic E-state index is -0.975. The van der Waals surface area contributed by atoms with E-state index in [4.69, 9.17) is 4.74 Å². The van der Waals surface area contributed by atoms with E-state index < -0.39 is 12.1 Å². The molecule has 1 amide bonds. The van der Waals surface area contributed by atoms with Crippen LogP contribution in [0.25, 0.3) is 5.69 Å². The highest BCUT2D eigenvalue weighted by Crippen LogP contribution is 2.20. The maximum absolute atomic E-state index is 12.8. The Labute approximate surface area is 187 Å². The van der Waals surface area contributed by atoms with Crippen molar-refractivity contribution in [3.05, 3.63) is 77.1 Å².